The number of esters is 2. The predicted molar refractivity (Wildman–Crippen MR) is 184 cm³/mol. The van der Waals surface area contributed by atoms with E-state index >= 15 is 0 Å². The van der Waals surface area contributed by atoms with Crippen LogP contribution in [0.1, 0.15) is 68.7 Å². The lowest BCUT2D eigenvalue weighted by molar-refractivity contribution is -0.136. The summed E-state index contributed by atoms with van der Waals surface area (Å²) < 4.78 is 11.0. The molecule has 0 heterocycles. The molecule has 0 saturated heterocycles. The maximum Gasteiger partial charge on any atom is 0.343 e. The molecule has 3 N–H and O–H groups in total. The number of hydrogen-bond acceptors (Lipinski definition) is 8. The number of rotatable bonds is 9. The molecule has 11 nitrogen and oxygen atoms in total. The third-order valence-corrected chi connectivity index (χ3v) is 8.00. The van der Waals surface area contributed by atoms with Gasteiger partial charge < -0.3 is 20.1 Å². The van der Waals surface area contributed by atoms with E-state index in [4.69, 9.17) is 32.7 Å². The van der Waals surface area contributed by atoms with E-state index in [9.17, 15) is 24.0 Å². The number of hydrazone groups is 1. The Bertz CT molecular complexity index is 1890. The Balaban J connectivity index is 1.27. The highest BCUT2D eigenvalue weighted by molar-refractivity contribution is 6.40. The highest BCUT2D eigenvalue weighted by Crippen LogP contribution is 2.26. The first-order valence-electron chi connectivity index (χ1n) is 15.3. The average molecular weight is 702 g/mol. The molecule has 0 aromatic heterocycles. The number of nitrogens with zero attached hydrogens (tertiary/aromatic N) is 1. The van der Waals surface area contributed by atoms with Crippen LogP contribution in [0, 0.1) is 0 Å². The van der Waals surface area contributed by atoms with Crippen LogP contribution < -0.4 is 25.5 Å². The van der Waals surface area contributed by atoms with Crippen molar-refractivity contribution in [2.75, 3.05) is 5.32 Å². The van der Waals surface area contributed by atoms with Gasteiger partial charge in [-0.15, -0.1) is 0 Å². The molecule has 0 spiro atoms. The maximum atomic E-state index is 12.9. The van der Waals surface area contributed by atoms with Crippen LogP contribution in [-0.2, 0) is 9.59 Å². The molecule has 0 atom stereocenters. The third-order valence-electron chi connectivity index (χ3n) is 7.49. The van der Waals surface area contributed by atoms with Gasteiger partial charge in [0.05, 0.1) is 28.6 Å². The lowest BCUT2D eigenvalue weighted by Crippen LogP contribution is -2.37. The average Bonchev–Trinajstić information content (AvgIpc) is 3.10. The molecule has 13 heteroatoms. The highest BCUT2D eigenvalue weighted by Gasteiger charge is 2.21. The second kappa shape index (κ2) is 16.5. The molecule has 0 bridgehead atoms. The molecular weight excluding hydrogens is 671 g/mol. The number of para-hydroxylation sites is 1. The Morgan fingerprint density at radius 3 is 1.98 bits per heavy atom. The fourth-order valence-electron chi connectivity index (χ4n) is 4.96. The van der Waals surface area contributed by atoms with Crippen molar-refractivity contribution in [3.63, 3.8) is 0 Å². The van der Waals surface area contributed by atoms with E-state index in [1.807, 2.05) is 0 Å². The van der Waals surface area contributed by atoms with Crippen LogP contribution >= 0.6 is 23.2 Å². The summed E-state index contributed by atoms with van der Waals surface area (Å²) in [7, 11) is 0. The van der Waals surface area contributed by atoms with E-state index in [2.05, 4.69) is 21.2 Å². The zero-order chi connectivity index (χ0) is 34.8. The molecule has 0 unspecified atom stereocenters. The number of anilines is 1. The zero-order valence-corrected chi connectivity index (χ0v) is 27.4. The maximum absolute atomic E-state index is 12.9. The van der Waals surface area contributed by atoms with Gasteiger partial charge in [0.25, 0.3) is 5.91 Å². The van der Waals surface area contributed by atoms with Crippen LogP contribution in [0.25, 0.3) is 0 Å². The SMILES string of the molecule is O=C(NN=Cc1ccc(OC(=O)c2ccc(Cl)cc2)cc1OC(=O)c1ccc(Cl)cc1)C(=O)Nc1ccccc1C(=O)NC1CCCCC1. The fourth-order valence-corrected chi connectivity index (χ4v) is 5.21. The van der Waals surface area contributed by atoms with Gasteiger partial charge >= 0.3 is 23.8 Å². The van der Waals surface area contributed by atoms with Crippen LogP contribution in [0.4, 0.5) is 5.69 Å². The first-order chi connectivity index (χ1) is 23.7. The lowest BCUT2D eigenvalue weighted by atomic mass is 9.95. The Kier molecular flexibility index (Phi) is 11.7. The number of amides is 3. The monoisotopic (exact) mass is 700 g/mol. The second-order valence-electron chi connectivity index (χ2n) is 11.0. The summed E-state index contributed by atoms with van der Waals surface area (Å²) >= 11 is 11.8. The van der Waals surface area contributed by atoms with Crippen molar-refractivity contribution in [1.82, 2.24) is 10.7 Å². The van der Waals surface area contributed by atoms with Crippen molar-refractivity contribution >= 4 is 64.8 Å². The molecule has 1 aliphatic carbocycles. The molecule has 49 heavy (non-hydrogen) atoms. The predicted octanol–water partition coefficient (Wildman–Crippen LogP) is 6.58. The van der Waals surface area contributed by atoms with Crippen LogP contribution in [0.3, 0.4) is 0 Å². The van der Waals surface area contributed by atoms with Gasteiger partial charge in [-0.3, -0.25) is 14.4 Å². The van der Waals surface area contributed by atoms with Gasteiger partial charge in [0.1, 0.15) is 11.5 Å². The first kappa shape index (κ1) is 34.8. The highest BCUT2D eigenvalue weighted by atomic mass is 35.5. The molecule has 1 saturated carbocycles. The standard InChI is InChI=1S/C36H30Cl2N4O7/c37-25-15-10-22(11-16-25)35(46)48-28-19-14-24(31(20-28)49-36(47)23-12-17-26(38)18-13-23)21-39-42-34(45)33(44)41-30-9-5-4-8-29(30)32(43)40-27-6-2-1-3-7-27/h4-5,8-21,27H,1-3,6-7H2,(H,40,43)(H,41,44)(H,42,45). The molecular formula is C36H30Cl2N4O7. The van der Waals surface area contributed by atoms with E-state index in [1.54, 1.807) is 30.3 Å². The lowest BCUT2D eigenvalue weighted by Gasteiger charge is -2.23. The number of nitrogens with one attached hydrogen (secondary N) is 3. The van der Waals surface area contributed by atoms with Crippen molar-refractivity contribution in [2.24, 2.45) is 5.10 Å². The number of benzene rings is 4. The number of hydrogen-bond donors (Lipinski definition) is 3. The van der Waals surface area contributed by atoms with E-state index < -0.39 is 23.8 Å². The number of halogens is 2. The first-order valence-corrected chi connectivity index (χ1v) is 16.1. The summed E-state index contributed by atoms with van der Waals surface area (Å²) in [6.07, 6.45) is 6.14. The molecule has 4 aromatic carbocycles. The number of carbonyl (C=O) groups excluding carboxylic acids is 5. The van der Waals surface area contributed by atoms with E-state index in [1.165, 1.54) is 60.7 Å². The molecule has 0 radical (unpaired) electrons. The topological polar surface area (TPSA) is 152 Å². The third kappa shape index (κ3) is 9.75. The minimum Gasteiger partial charge on any atom is -0.423 e. The van der Waals surface area contributed by atoms with Gasteiger partial charge in [0, 0.05) is 27.7 Å². The quantitative estimate of drug-likeness (QED) is 0.0586. The molecule has 250 valence electrons. The molecule has 3 amide bonds. The van der Waals surface area contributed by atoms with Crippen LogP contribution in [0.15, 0.2) is 96.1 Å². The summed E-state index contributed by atoms with van der Waals surface area (Å²) in [6, 6.07) is 22.7. The Hall–Kier alpha value is -5.52. The molecule has 0 aliphatic heterocycles. The van der Waals surface area contributed by atoms with E-state index in [0.717, 1.165) is 38.3 Å². The smallest absolute Gasteiger partial charge is 0.343 e. The minimum absolute atomic E-state index is 0.0469. The number of carbonyl (C=O) groups is 5. The summed E-state index contributed by atoms with van der Waals surface area (Å²) in [4.78, 5) is 63.9. The fraction of sp³-hybridized carbons (Fsp3) is 0.167. The normalized spacial score (nSPS) is 12.9. The van der Waals surface area contributed by atoms with Crippen molar-refractivity contribution in [1.29, 1.82) is 0 Å². The molecule has 4 aromatic rings. The minimum atomic E-state index is -1.12. The summed E-state index contributed by atoms with van der Waals surface area (Å²) in [6.45, 7) is 0. The van der Waals surface area contributed by atoms with Gasteiger partial charge in [-0.1, -0.05) is 54.6 Å². The van der Waals surface area contributed by atoms with Crippen molar-refractivity contribution in [2.45, 2.75) is 38.1 Å². The second-order valence-corrected chi connectivity index (χ2v) is 11.9. The van der Waals surface area contributed by atoms with Crippen LogP contribution in [0.2, 0.25) is 10.0 Å². The van der Waals surface area contributed by atoms with E-state index in [0.29, 0.717) is 10.0 Å². The van der Waals surface area contributed by atoms with Gasteiger partial charge in [0.2, 0.25) is 0 Å². The van der Waals surface area contributed by atoms with Crippen LogP contribution in [-0.4, -0.2) is 41.9 Å². The van der Waals surface area contributed by atoms with Gasteiger partial charge in [-0.25, -0.2) is 15.0 Å². The Labute approximate surface area is 291 Å². The Morgan fingerprint density at radius 1 is 0.714 bits per heavy atom. The van der Waals surface area contributed by atoms with Gasteiger partial charge in [-0.2, -0.15) is 5.10 Å². The summed E-state index contributed by atoms with van der Waals surface area (Å²) in [5.41, 5.74) is 3.14. The molecule has 5 rings (SSSR count). The molecule has 1 aliphatic rings. The summed E-state index contributed by atoms with van der Waals surface area (Å²) in [5.74, 6) is -3.97. The Morgan fingerprint density at radius 2 is 1.33 bits per heavy atom. The van der Waals surface area contributed by atoms with Gasteiger partial charge in [0.15, 0.2) is 0 Å². The summed E-state index contributed by atoms with van der Waals surface area (Å²) in [5, 5.41) is 10.2. The van der Waals surface area contributed by atoms with Crippen molar-refractivity contribution in [3.8, 4) is 11.5 Å². The van der Waals surface area contributed by atoms with Crippen LogP contribution in [0.5, 0.6) is 11.5 Å². The number of ether oxygens (including phenoxy) is 2. The van der Waals surface area contributed by atoms with Gasteiger partial charge in [-0.05, 0) is 85.6 Å². The van der Waals surface area contributed by atoms with E-state index in [-0.39, 0.29) is 51.4 Å². The van der Waals surface area contributed by atoms with Crippen molar-refractivity contribution < 1.29 is 33.4 Å². The molecule has 1 fully saturated rings. The van der Waals surface area contributed by atoms with Crippen molar-refractivity contribution in [3.05, 3.63) is 123 Å². The zero-order valence-electron chi connectivity index (χ0n) is 25.9. The largest absolute Gasteiger partial charge is 0.423 e.